The van der Waals surface area contributed by atoms with Crippen molar-refractivity contribution in [3.8, 4) is 0 Å². The highest BCUT2D eigenvalue weighted by atomic mass is 35.5. The minimum Gasteiger partial charge on any atom is -0.355 e. The lowest BCUT2D eigenvalue weighted by molar-refractivity contribution is -0.126. The van der Waals surface area contributed by atoms with Gasteiger partial charge in [0, 0.05) is 6.54 Å². The Bertz CT molecular complexity index is 398. The van der Waals surface area contributed by atoms with E-state index in [1.54, 1.807) is 0 Å². The number of likely N-dealkylation sites (N-methyl/N-ethyl adjacent to an activating group) is 1. The second kappa shape index (κ2) is 9.35. The predicted molar refractivity (Wildman–Crippen MR) is 77.1 cm³/mol. The third kappa shape index (κ3) is 6.79. The van der Waals surface area contributed by atoms with Gasteiger partial charge in [-0.3, -0.25) is 9.59 Å². The fourth-order valence-electron chi connectivity index (χ4n) is 1.52. The van der Waals surface area contributed by atoms with E-state index in [0.717, 1.165) is 5.56 Å². The Morgan fingerprint density at radius 2 is 1.84 bits per heavy atom. The lowest BCUT2D eigenvalue weighted by Crippen LogP contribution is -2.45. The Balaban J connectivity index is 0.00000324. The average Bonchev–Trinajstić information content (AvgIpc) is 2.37. The molecular weight excluding hydrogens is 266 g/mol. The SMILES string of the molecule is CCNC(=O)CNC(=O)[C@@H](N)Cc1ccccc1.Cl. The van der Waals surface area contributed by atoms with E-state index in [2.05, 4.69) is 10.6 Å². The maximum absolute atomic E-state index is 11.6. The van der Waals surface area contributed by atoms with Crippen LogP contribution in [0.2, 0.25) is 0 Å². The predicted octanol–water partition coefficient (Wildman–Crippen LogP) is 0.231. The summed E-state index contributed by atoms with van der Waals surface area (Å²) in [6, 6.07) is 8.89. The quantitative estimate of drug-likeness (QED) is 0.700. The number of benzene rings is 1. The number of rotatable bonds is 6. The molecule has 106 valence electrons. The average molecular weight is 286 g/mol. The molecule has 4 N–H and O–H groups in total. The molecular formula is C13H20ClN3O2. The maximum Gasteiger partial charge on any atom is 0.239 e. The van der Waals surface area contributed by atoms with E-state index >= 15 is 0 Å². The summed E-state index contributed by atoms with van der Waals surface area (Å²) in [4.78, 5) is 22.8. The zero-order valence-electron chi connectivity index (χ0n) is 10.9. The Kier molecular flexibility index (Phi) is 8.57. The molecule has 0 aliphatic heterocycles. The number of nitrogens with two attached hydrogens (primary N) is 1. The first-order valence-corrected chi connectivity index (χ1v) is 5.97. The van der Waals surface area contributed by atoms with Crippen LogP contribution in [-0.4, -0.2) is 30.9 Å². The molecule has 1 aromatic carbocycles. The second-order valence-corrected chi connectivity index (χ2v) is 3.97. The molecule has 0 aliphatic carbocycles. The molecule has 1 rings (SSSR count). The van der Waals surface area contributed by atoms with Crippen LogP contribution in [0.25, 0.3) is 0 Å². The van der Waals surface area contributed by atoms with Gasteiger partial charge in [-0.1, -0.05) is 30.3 Å². The highest BCUT2D eigenvalue weighted by Gasteiger charge is 2.14. The smallest absolute Gasteiger partial charge is 0.239 e. The van der Waals surface area contributed by atoms with Crippen molar-refractivity contribution in [2.45, 2.75) is 19.4 Å². The number of hydrogen-bond donors (Lipinski definition) is 3. The molecule has 2 amide bonds. The highest BCUT2D eigenvalue weighted by Crippen LogP contribution is 2.01. The first kappa shape index (κ1) is 17.4. The Morgan fingerprint density at radius 3 is 2.42 bits per heavy atom. The Morgan fingerprint density at radius 1 is 1.21 bits per heavy atom. The van der Waals surface area contributed by atoms with Gasteiger partial charge in [0.15, 0.2) is 0 Å². The first-order chi connectivity index (χ1) is 8.63. The molecule has 0 saturated heterocycles. The molecule has 1 atom stereocenters. The summed E-state index contributed by atoms with van der Waals surface area (Å²) in [7, 11) is 0. The van der Waals surface area contributed by atoms with Gasteiger partial charge in [0.05, 0.1) is 12.6 Å². The van der Waals surface area contributed by atoms with Gasteiger partial charge >= 0.3 is 0 Å². The van der Waals surface area contributed by atoms with Crippen LogP contribution in [0.1, 0.15) is 12.5 Å². The Labute approximate surface area is 119 Å². The molecule has 0 radical (unpaired) electrons. The van der Waals surface area contributed by atoms with E-state index < -0.39 is 6.04 Å². The zero-order valence-corrected chi connectivity index (χ0v) is 11.7. The van der Waals surface area contributed by atoms with Gasteiger partial charge in [0.1, 0.15) is 0 Å². The molecule has 19 heavy (non-hydrogen) atoms. The van der Waals surface area contributed by atoms with E-state index in [9.17, 15) is 9.59 Å². The van der Waals surface area contributed by atoms with Crippen LogP contribution < -0.4 is 16.4 Å². The fraction of sp³-hybridized carbons (Fsp3) is 0.385. The fourth-order valence-corrected chi connectivity index (χ4v) is 1.52. The van der Waals surface area contributed by atoms with Crippen LogP contribution in [0, 0.1) is 0 Å². The van der Waals surface area contributed by atoms with Crippen molar-refractivity contribution in [1.82, 2.24) is 10.6 Å². The topological polar surface area (TPSA) is 84.2 Å². The van der Waals surface area contributed by atoms with Crippen molar-refractivity contribution < 1.29 is 9.59 Å². The van der Waals surface area contributed by atoms with E-state index in [1.165, 1.54) is 0 Å². The number of carbonyl (C=O) groups is 2. The first-order valence-electron chi connectivity index (χ1n) is 5.97. The molecule has 0 fully saturated rings. The minimum atomic E-state index is -0.637. The van der Waals surface area contributed by atoms with Crippen LogP contribution in [0.5, 0.6) is 0 Å². The summed E-state index contributed by atoms with van der Waals surface area (Å²) >= 11 is 0. The summed E-state index contributed by atoms with van der Waals surface area (Å²) in [6.07, 6.45) is 0.460. The van der Waals surface area contributed by atoms with Gasteiger partial charge in [0.2, 0.25) is 11.8 Å². The highest BCUT2D eigenvalue weighted by molar-refractivity contribution is 5.87. The van der Waals surface area contributed by atoms with E-state index in [-0.39, 0.29) is 30.8 Å². The van der Waals surface area contributed by atoms with Crippen LogP contribution in [-0.2, 0) is 16.0 Å². The Hall–Kier alpha value is -1.59. The van der Waals surface area contributed by atoms with Crippen LogP contribution in [0.3, 0.4) is 0 Å². The molecule has 0 spiro atoms. The molecule has 5 nitrogen and oxygen atoms in total. The number of carbonyl (C=O) groups excluding carboxylic acids is 2. The summed E-state index contributed by atoms with van der Waals surface area (Å²) in [5.74, 6) is -0.525. The zero-order chi connectivity index (χ0) is 13.4. The van der Waals surface area contributed by atoms with Gasteiger partial charge in [-0.25, -0.2) is 0 Å². The second-order valence-electron chi connectivity index (χ2n) is 3.97. The molecule has 1 aromatic rings. The molecule has 6 heteroatoms. The largest absolute Gasteiger partial charge is 0.355 e. The summed E-state index contributed by atoms with van der Waals surface area (Å²) in [5, 5.41) is 5.11. The summed E-state index contributed by atoms with van der Waals surface area (Å²) in [6.45, 7) is 2.33. The summed E-state index contributed by atoms with van der Waals surface area (Å²) < 4.78 is 0. The number of halogens is 1. The molecule has 0 unspecified atom stereocenters. The van der Waals surface area contributed by atoms with Crippen molar-refractivity contribution in [1.29, 1.82) is 0 Å². The lowest BCUT2D eigenvalue weighted by Gasteiger charge is -2.12. The van der Waals surface area contributed by atoms with Gasteiger partial charge in [-0.05, 0) is 18.9 Å². The van der Waals surface area contributed by atoms with Crippen molar-refractivity contribution in [2.75, 3.05) is 13.1 Å². The van der Waals surface area contributed by atoms with Gasteiger partial charge in [-0.2, -0.15) is 0 Å². The van der Waals surface area contributed by atoms with Crippen LogP contribution >= 0.6 is 12.4 Å². The third-order valence-corrected chi connectivity index (χ3v) is 2.43. The molecule has 0 saturated carbocycles. The molecule has 0 aliphatic rings. The van der Waals surface area contributed by atoms with E-state index in [0.29, 0.717) is 13.0 Å². The van der Waals surface area contributed by atoms with E-state index in [1.807, 2.05) is 37.3 Å². The number of hydrogen-bond acceptors (Lipinski definition) is 3. The van der Waals surface area contributed by atoms with Gasteiger partial charge in [-0.15, -0.1) is 12.4 Å². The van der Waals surface area contributed by atoms with Crippen molar-refractivity contribution in [2.24, 2.45) is 5.73 Å². The van der Waals surface area contributed by atoms with Crippen molar-refractivity contribution >= 4 is 24.2 Å². The number of amides is 2. The van der Waals surface area contributed by atoms with Gasteiger partial charge in [0.25, 0.3) is 0 Å². The molecule has 0 aromatic heterocycles. The van der Waals surface area contributed by atoms with E-state index in [4.69, 9.17) is 5.73 Å². The molecule has 0 heterocycles. The van der Waals surface area contributed by atoms with Crippen molar-refractivity contribution in [3.63, 3.8) is 0 Å². The number of nitrogens with one attached hydrogen (secondary N) is 2. The minimum absolute atomic E-state index is 0. The lowest BCUT2D eigenvalue weighted by atomic mass is 10.1. The maximum atomic E-state index is 11.6. The van der Waals surface area contributed by atoms with Gasteiger partial charge < -0.3 is 16.4 Å². The monoisotopic (exact) mass is 285 g/mol. The molecule has 0 bridgehead atoms. The van der Waals surface area contributed by atoms with Crippen LogP contribution in [0.15, 0.2) is 30.3 Å². The standard InChI is InChI=1S/C13H19N3O2.ClH/c1-2-15-12(17)9-16-13(18)11(14)8-10-6-4-3-5-7-10;/h3-7,11H,2,8-9,14H2,1H3,(H,15,17)(H,16,18);1H/t11-;/m0./s1. The van der Waals surface area contributed by atoms with Crippen LogP contribution in [0.4, 0.5) is 0 Å². The van der Waals surface area contributed by atoms with Crippen molar-refractivity contribution in [3.05, 3.63) is 35.9 Å². The third-order valence-electron chi connectivity index (χ3n) is 2.43. The summed E-state index contributed by atoms with van der Waals surface area (Å²) in [5.41, 5.74) is 6.76. The normalized spacial score (nSPS) is 11.1.